The highest BCUT2D eigenvalue weighted by Crippen LogP contribution is 2.15. The number of thiophene rings is 1. The lowest BCUT2D eigenvalue weighted by molar-refractivity contribution is -0.147. The molecule has 11 heteroatoms. The van der Waals surface area contributed by atoms with E-state index in [9.17, 15) is 26.8 Å². The number of amides is 1. The van der Waals surface area contributed by atoms with Crippen molar-refractivity contribution < 1.29 is 31.5 Å². The normalized spacial score (nSPS) is 11.2. The monoisotopic (exact) mass is 404 g/mol. The van der Waals surface area contributed by atoms with Gasteiger partial charge in [0, 0.05) is 18.3 Å². The second-order valence-corrected chi connectivity index (χ2v) is 7.86. The number of hydrogen-bond donors (Lipinski definition) is 2. The summed E-state index contributed by atoms with van der Waals surface area (Å²) in [5.74, 6) is -3.72. The molecule has 0 radical (unpaired) electrons. The zero-order chi connectivity index (χ0) is 19.2. The Morgan fingerprint density at radius 3 is 2.58 bits per heavy atom. The van der Waals surface area contributed by atoms with Gasteiger partial charge < -0.3 is 10.1 Å². The number of halogens is 2. The van der Waals surface area contributed by atoms with E-state index in [1.807, 2.05) is 0 Å². The lowest BCUT2D eigenvalue weighted by Crippen LogP contribution is -2.27. The Kier molecular flexibility index (Phi) is 6.77. The van der Waals surface area contributed by atoms with Crippen LogP contribution in [0.15, 0.2) is 39.9 Å². The van der Waals surface area contributed by atoms with Crippen molar-refractivity contribution in [2.75, 3.05) is 18.5 Å². The topological polar surface area (TPSA) is 102 Å². The summed E-state index contributed by atoms with van der Waals surface area (Å²) in [7, 11) is -3.68. The molecular weight excluding hydrogens is 390 g/mol. The van der Waals surface area contributed by atoms with Gasteiger partial charge in [-0.3, -0.25) is 9.59 Å². The Balaban J connectivity index is 1.71. The number of anilines is 1. The Bertz CT molecular complexity index is 885. The molecule has 26 heavy (non-hydrogen) atoms. The summed E-state index contributed by atoms with van der Waals surface area (Å²) in [4.78, 5) is 23.1. The van der Waals surface area contributed by atoms with E-state index in [4.69, 9.17) is 0 Å². The van der Waals surface area contributed by atoms with Crippen LogP contribution in [0.3, 0.4) is 0 Å². The van der Waals surface area contributed by atoms with Crippen molar-refractivity contribution in [3.63, 3.8) is 0 Å². The maximum Gasteiger partial charge on any atom is 0.307 e. The van der Waals surface area contributed by atoms with E-state index in [1.165, 1.54) is 6.07 Å². The number of esters is 1. The Hall–Kier alpha value is -2.37. The van der Waals surface area contributed by atoms with Gasteiger partial charge in [0.1, 0.15) is 4.21 Å². The van der Waals surface area contributed by atoms with Crippen LogP contribution in [0.25, 0.3) is 0 Å². The highest BCUT2D eigenvalue weighted by Gasteiger charge is 2.16. The lowest BCUT2D eigenvalue weighted by atomic mass is 10.3. The van der Waals surface area contributed by atoms with Gasteiger partial charge in [0.2, 0.25) is 10.0 Å². The van der Waals surface area contributed by atoms with Gasteiger partial charge in [-0.25, -0.2) is 21.9 Å². The number of rotatable bonds is 8. The van der Waals surface area contributed by atoms with Gasteiger partial charge in [-0.1, -0.05) is 6.07 Å². The van der Waals surface area contributed by atoms with Crippen molar-refractivity contribution in [2.24, 2.45) is 0 Å². The molecule has 1 aromatic heterocycles. The quantitative estimate of drug-likeness (QED) is 0.654. The van der Waals surface area contributed by atoms with Crippen LogP contribution in [-0.4, -0.2) is 33.4 Å². The van der Waals surface area contributed by atoms with E-state index in [1.54, 1.807) is 11.4 Å². The van der Waals surface area contributed by atoms with Crippen LogP contribution in [0, 0.1) is 11.6 Å². The first-order chi connectivity index (χ1) is 12.3. The third-order valence-electron chi connectivity index (χ3n) is 2.95. The number of carbonyl (C=O) groups is 2. The summed E-state index contributed by atoms with van der Waals surface area (Å²) in [5, 5.41) is 3.84. The van der Waals surface area contributed by atoms with Crippen LogP contribution in [0.1, 0.15) is 6.42 Å². The van der Waals surface area contributed by atoms with Crippen LogP contribution in [0.2, 0.25) is 0 Å². The van der Waals surface area contributed by atoms with E-state index < -0.39 is 40.1 Å². The van der Waals surface area contributed by atoms with Crippen molar-refractivity contribution in [1.29, 1.82) is 0 Å². The maximum atomic E-state index is 13.0. The predicted octanol–water partition coefficient (Wildman–Crippen LogP) is 1.88. The van der Waals surface area contributed by atoms with Crippen molar-refractivity contribution in [2.45, 2.75) is 10.6 Å². The molecule has 0 unspecified atom stereocenters. The Morgan fingerprint density at radius 2 is 1.92 bits per heavy atom. The molecule has 0 saturated heterocycles. The first-order valence-corrected chi connectivity index (χ1v) is 9.58. The van der Waals surface area contributed by atoms with Gasteiger partial charge in [0.05, 0.1) is 6.42 Å². The molecule has 140 valence electrons. The molecular formula is C15H14F2N2O5S2. The molecule has 0 fully saturated rings. The molecule has 0 bridgehead atoms. The molecule has 0 aliphatic carbocycles. The fourth-order valence-corrected chi connectivity index (χ4v) is 3.83. The molecule has 0 aliphatic heterocycles. The molecule has 2 N–H and O–H groups in total. The minimum Gasteiger partial charge on any atom is -0.456 e. The summed E-state index contributed by atoms with van der Waals surface area (Å²) in [6, 6.07) is 5.79. The summed E-state index contributed by atoms with van der Waals surface area (Å²) in [5.41, 5.74) is 0.00802. The van der Waals surface area contributed by atoms with Crippen LogP contribution in [0.5, 0.6) is 0 Å². The van der Waals surface area contributed by atoms with Crippen LogP contribution in [0.4, 0.5) is 14.5 Å². The molecule has 1 amide bonds. The summed E-state index contributed by atoms with van der Waals surface area (Å²) < 4.78 is 56.5. The minimum atomic E-state index is -3.68. The third-order valence-corrected chi connectivity index (χ3v) is 5.81. The minimum absolute atomic E-state index is 0.00802. The van der Waals surface area contributed by atoms with Gasteiger partial charge in [-0.05, 0) is 23.6 Å². The highest BCUT2D eigenvalue weighted by molar-refractivity contribution is 7.91. The number of nitrogens with one attached hydrogen (secondary N) is 2. The number of sulfonamides is 1. The maximum absolute atomic E-state index is 13.0. The SMILES string of the molecule is O=C(COC(=O)CCNS(=O)(=O)c1cccs1)Nc1ccc(F)c(F)c1. The fourth-order valence-electron chi connectivity index (χ4n) is 1.76. The standard InChI is InChI=1S/C15H14F2N2O5S2/c16-11-4-3-10(8-12(11)17)19-13(20)9-24-14(21)5-6-18-26(22,23)15-2-1-7-25-15/h1-4,7-8,18H,5-6,9H2,(H,19,20). The molecule has 1 heterocycles. The molecule has 0 aliphatic rings. The molecule has 1 aromatic carbocycles. The molecule has 0 spiro atoms. The molecule has 2 rings (SSSR count). The zero-order valence-electron chi connectivity index (χ0n) is 13.2. The highest BCUT2D eigenvalue weighted by atomic mass is 32.2. The number of hydrogen-bond acceptors (Lipinski definition) is 6. The van der Waals surface area contributed by atoms with Crippen molar-refractivity contribution >= 4 is 38.9 Å². The van der Waals surface area contributed by atoms with Crippen LogP contribution >= 0.6 is 11.3 Å². The smallest absolute Gasteiger partial charge is 0.307 e. The fraction of sp³-hybridized carbons (Fsp3) is 0.200. The van der Waals surface area contributed by atoms with E-state index in [0.29, 0.717) is 0 Å². The second-order valence-electron chi connectivity index (χ2n) is 4.92. The summed E-state index contributed by atoms with van der Waals surface area (Å²) in [6.45, 7) is -0.834. The first kappa shape index (κ1) is 19.9. The van der Waals surface area contributed by atoms with E-state index in [0.717, 1.165) is 29.5 Å². The van der Waals surface area contributed by atoms with Gasteiger partial charge in [-0.15, -0.1) is 11.3 Å². The lowest BCUT2D eigenvalue weighted by Gasteiger charge is -2.07. The molecule has 2 aromatic rings. The van der Waals surface area contributed by atoms with Gasteiger partial charge in [-0.2, -0.15) is 0 Å². The molecule has 0 saturated carbocycles. The molecule has 0 atom stereocenters. The largest absolute Gasteiger partial charge is 0.456 e. The van der Waals surface area contributed by atoms with E-state index in [2.05, 4.69) is 14.8 Å². The predicted molar refractivity (Wildman–Crippen MR) is 90.1 cm³/mol. The van der Waals surface area contributed by atoms with Crippen molar-refractivity contribution in [1.82, 2.24) is 4.72 Å². The summed E-state index contributed by atoms with van der Waals surface area (Å²) in [6.07, 6.45) is -0.275. The number of benzene rings is 1. The zero-order valence-corrected chi connectivity index (χ0v) is 14.8. The second kappa shape index (κ2) is 8.83. The average molecular weight is 404 g/mol. The van der Waals surface area contributed by atoms with E-state index >= 15 is 0 Å². The van der Waals surface area contributed by atoms with Crippen LogP contribution in [-0.2, 0) is 24.3 Å². The van der Waals surface area contributed by atoms with Gasteiger partial charge >= 0.3 is 5.97 Å². The first-order valence-electron chi connectivity index (χ1n) is 7.21. The number of ether oxygens (including phenoxy) is 1. The van der Waals surface area contributed by atoms with Crippen molar-refractivity contribution in [3.8, 4) is 0 Å². The van der Waals surface area contributed by atoms with Gasteiger partial charge in [0.25, 0.3) is 5.91 Å². The van der Waals surface area contributed by atoms with Crippen LogP contribution < -0.4 is 10.0 Å². The summed E-state index contributed by atoms with van der Waals surface area (Å²) >= 11 is 1.04. The number of carbonyl (C=O) groups excluding carboxylic acids is 2. The van der Waals surface area contributed by atoms with Gasteiger partial charge in [0.15, 0.2) is 18.2 Å². The third kappa shape index (κ3) is 5.86. The Morgan fingerprint density at radius 1 is 1.15 bits per heavy atom. The Labute approximate surface area is 152 Å². The van der Waals surface area contributed by atoms with E-state index in [-0.39, 0.29) is 22.9 Å². The average Bonchev–Trinajstić information content (AvgIpc) is 3.12. The van der Waals surface area contributed by atoms with Crippen molar-refractivity contribution in [3.05, 3.63) is 47.3 Å². The molecule has 7 nitrogen and oxygen atoms in total.